The average molecular weight is 433 g/mol. The number of rotatable bonds is 5. The summed E-state index contributed by atoms with van der Waals surface area (Å²) < 4.78 is 2.05. The third kappa shape index (κ3) is 3.73. The number of fused-ring (bicyclic) bond motifs is 1. The number of halogens is 1. The van der Waals surface area contributed by atoms with E-state index in [1.807, 2.05) is 18.6 Å². The van der Waals surface area contributed by atoms with E-state index < -0.39 is 0 Å². The molecule has 5 nitrogen and oxygen atoms in total. The van der Waals surface area contributed by atoms with Crippen LogP contribution in [0.4, 0.5) is 0 Å². The first-order chi connectivity index (χ1) is 10.2. The van der Waals surface area contributed by atoms with Gasteiger partial charge in [0.2, 0.25) is 0 Å². The van der Waals surface area contributed by atoms with Crippen molar-refractivity contribution in [2.24, 2.45) is 10.4 Å². The molecule has 22 heavy (non-hydrogen) atoms. The van der Waals surface area contributed by atoms with Crippen molar-refractivity contribution in [3.8, 4) is 0 Å². The number of imidazole rings is 1. The Morgan fingerprint density at radius 1 is 1.45 bits per heavy atom. The van der Waals surface area contributed by atoms with Gasteiger partial charge in [-0.05, 0) is 24.7 Å². The number of hydrogen-bond donors (Lipinski definition) is 2. The highest BCUT2D eigenvalue weighted by atomic mass is 127. The minimum absolute atomic E-state index is 0. The van der Waals surface area contributed by atoms with Gasteiger partial charge < -0.3 is 10.6 Å². The van der Waals surface area contributed by atoms with Gasteiger partial charge in [-0.25, -0.2) is 4.98 Å². The summed E-state index contributed by atoms with van der Waals surface area (Å²) in [6.45, 7) is 4.00. The van der Waals surface area contributed by atoms with Crippen LogP contribution >= 0.6 is 35.3 Å². The standard InChI is InChI=1S/C15H23N5S.HI/c1-3-15(5-4-6-15)11-18-13(16-2)17-9-12-10-20-7-8-21-14(20)19-12;/h7-8,10H,3-6,9,11H2,1-2H3,(H2,16,17,18);1H. The lowest BCUT2D eigenvalue weighted by Gasteiger charge is -2.41. The molecule has 0 radical (unpaired) electrons. The number of nitrogens with one attached hydrogen (secondary N) is 2. The first kappa shape index (κ1) is 17.5. The number of nitrogens with zero attached hydrogens (tertiary/aromatic N) is 3. The number of guanidine groups is 1. The van der Waals surface area contributed by atoms with Crippen LogP contribution in [0.2, 0.25) is 0 Å². The van der Waals surface area contributed by atoms with Crippen LogP contribution in [-0.4, -0.2) is 28.9 Å². The summed E-state index contributed by atoms with van der Waals surface area (Å²) in [5.74, 6) is 0.867. The molecule has 1 aliphatic carbocycles. The summed E-state index contributed by atoms with van der Waals surface area (Å²) in [6.07, 6.45) is 9.38. The Morgan fingerprint density at radius 2 is 2.27 bits per heavy atom. The van der Waals surface area contributed by atoms with Crippen LogP contribution in [0.5, 0.6) is 0 Å². The lowest BCUT2D eigenvalue weighted by atomic mass is 9.67. The Balaban J connectivity index is 0.00000176. The molecular weight excluding hydrogens is 409 g/mol. The molecule has 0 atom stereocenters. The average Bonchev–Trinajstić information content (AvgIpc) is 3.02. The highest BCUT2D eigenvalue weighted by Gasteiger charge is 2.34. The third-order valence-electron chi connectivity index (χ3n) is 4.60. The van der Waals surface area contributed by atoms with Crippen LogP contribution in [0, 0.1) is 5.41 Å². The Bertz CT molecular complexity index is 595. The minimum atomic E-state index is 0. The molecule has 1 fully saturated rings. The number of aromatic nitrogens is 2. The fourth-order valence-corrected chi connectivity index (χ4v) is 3.58. The second-order valence-corrected chi connectivity index (χ2v) is 6.68. The molecule has 3 rings (SSSR count). The molecule has 0 saturated heterocycles. The second-order valence-electron chi connectivity index (χ2n) is 5.81. The van der Waals surface area contributed by atoms with Gasteiger partial charge in [-0.15, -0.1) is 35.3 Å². The maximum atomic E-state index is 4.57. The molecule has 0 unspecified atom stereocenters. The zero-order valence-electron chi connectivity index (χ0n) is 13.1. The van der Waals surface area contributed by atoms with Crippen molar-refractivity contribution in [3.63, 3.8) is 0 Å². The van der Waals surface area contributed by atoms with Crippen molar-refractivity contribution in [2.75, 3.05) is 13.6 Å². The van der Waals surface area contributed by atoms with Crippen molar-refractivity contribution in [3.05, 3.63) is 23.5 Å². The Hall–Kier alpha value is -0.830. The molecule has 122 valence electrons. The largest absolute Gasteiger partial charge is 0.356 e. The quantitative estimate of drug-likeness (QED) is 0.433. The van der Waals surface area contributed by atoms with Gasteiger partial charge in [0.1, 0.15) is 0 Å². The molecule has 7 heteroatoms. The monoisotopic (exact) mass is 433 g/mol. The van der Waals surface area contributed by atoms with Gasteiger partial charge in [0.25, 0.3) is 0 Å². The first-order valence-electron chi connectivity index (χ1n) is 7.60. The fourth-order valence-electron chi connectivity index (χ4n) is 2.86. The van der Waals surface area contributed by atoms with Gasteiger partial charge >= 0.3 is 0 Å². The second kappa shape index (κ2) is 7.63. The predicted molar refractivity (Wildman–Crippen MR) is 103 cm³/mol. The molecule has 0 aliphatic heterocycles. The molecule has 2 aromatic rings. The predicted octanol–water partition coefficient (Wildman–Crippen LogP) is 3.26. The lowest BCUT2D eigenvalue weighted by Crippen LogP contribution is -2.46. The van der Waals surface area contributed by atoms with E-state index in [9.17, 15) is 0 Å². The molecule has 0 bridgehead atoms. The number of thiazole rings is 1. The van der Waals surface area contributed by atoms with Gasteiger partial charge in [-0.3, -0.25) is 9.39 Å². The summed E-state index contributed by atoms with van der Waals surface area (Å²) in [7, 11) is 1.82. The van der Waals surface area contributed by atoms with Crippen LogP contribution in [0.15, 0.2) is 22.8 Å². The van der Waals surface area contributed by atoms with Crippen LogP contribution in [0.1, 0.15) is 38.3 Å². The lowest BCUT2D eigenvalue weighted by molar-refractivity contribution is 0.131. The fraction of sp³-hybridized carbons (Fsp3) is 0.600. The van der Waals surface area contributed by atoms with E-state index in [1.165, 1.54) is 25.7 Å². The van der Waals surface area contributed by atoms with E-state index in [-0.39, 0.29) is 24.0 Å². The molecule has 0 spiro atoms. The highest BCUT2D eigenvalue weighted by Crippen LogP contribution is 2.42. The SMILES string of the molecule is CCC1(CNC(=NC)NCc2cn3ccsc3n2)CCC1.I. The third-order valence-corrected chi connectivity index (χ3v) is 5.37. The van der Waals surface area contributed by atoms with Gasteiger partial charge in [-0.1, -0.05) is 13.3 Å². The number of aliphatic imine (C=N–C) groups is 1. The van der Waals surface area contributed by atoms with E-state index in [0.29, 0.717) is 12.0 Å². The Kier molecular flexibility index (Phi) is 6.08. The molecule has 2 N–H and O–H groups in total. The summed E-state index contributed by atoms with van der Waals surface area (Å²) >= 11 is 1.65. The van der Waals surface area contributed by atoms with E-state index in [1.54, 1.807) is 11.3 Å². The molecule has 1 saturated carbocycles. The minimum Gasteiger partial charge on any atom is -0.356 e. The highest BCUT2D eigenvalue weighted by molar-refractivity contribution is 14.0. The zero-order chi connectivity index (χ0) is 14.7. The van der Waals surface area contributed by atoms with Gasteiger partial charge in [0, 0.05) is 31.4 Å². The first-order valence-corrected chi connectivity index (χ1v) is 8.48. The van der Waals surface area contributed by atoms with Crippen molar-refractivity contribution in [2.45, 2.75) is 39.2 Å². The van der Waals surface area contributed by atoms with Crippen LogP contribution in [0.25, 0.3) is 4.96 Å². The Morgan fingerprint density at radius 3 is 2.86 bits per heavy atom. The van der Waals surface area contributed by atoms with Crippen LogP contribution < -0.4 is 10.6 Å². The van der Waals surface area contributed by atoms with Gasteiger partial charge in [0.05, 0.1) is 12.2 Å². The molecular formula is C15H24IN5S. The molecule has 1 aliphatic rings. The van der Waals surface area contributed by atoms with Crippen molar-refractivity contribution in [1.82, 2.24) is 20.0 Å². The smallest absolute Gasteiger partial charge is 0.193 e. The van der Waals surface area contributed by atoms with Crippen LogP contribution in [0.3, 0.4) is 0 Å². The summed E-state index contributed by atoms with van der Waals surface area (Å²) in [5.41, 5.74) is 1.54. The van der Waals surface area contributed by atoms with E-state index in [2.05, 4.69) is 38.1 Å². The summed E-state index contributed by atoms with van der Waals surface area (Å²) in [5, 5.41) is 8.86. The summed E-state index contributed by atoms with van der Waals surface area (Å²) in [4.78, 5) is 9.91. The van der Waals surface area contributed by atoms with E-state index >= 15 is 0 Å². The molecule has 2 heterocycles. The van der Waals surface area contributed by atoms with Gasteiger partial charge in [0.15, 0.2) is 10.9 Å². The number of hydrogen-bond acceptors (Lipinski definition) is 3. The molecule has 0 amide bonds. The van der Waals surface area contributed by atoms with Gasteiger partial charge in [-0.2, -0.15) is 0 Å². The van der Waals surface area contributed by atoms with Crippen molar-refractivity contribution >= 4 is 46.2 Å². The Labute approximate surface area is 152 Å². The maximum Gasteiger partial charge on any atom is 0.193 e. The van der Waals surface area contributed by atoms with E-state index in [0.717, 1.165) is 23.2 Å². The normalized spacial score (nSPS) is 16.9. The molecule has 0 aromatic carbocycles. The molecule has 2 aromatic heterocycles. The van der Waals surface area contributed by atoms with Crippen molar-refractivity contribution in [1.29, 1.82) is 0 Å². The topological polar surface area (TPSA) is 53.7 Å². The summed E-state index contributed by atoms with van der Waals surface area (Å²) in [6, 6.07) is 0. The van der Waals surface area contributed by atoms with Crippen LogP contribution in [-0.2, 0) is 6.54 Å². The maximum absolute atomic E-state index is 4.57. The van der Waals surface area contributed by atoms with E-state index in [4.69, 9.17) is 0 Å². The van der Waals surface area contributed by atoms with Crippen molar-refractivity contribution < 1.29 is 0 Å². The zero-order valence-corrected chi connectivity index (χ0v) is 16.3.